The van der Waals surface area contributed by atoms with Gasteiger partial charge < -0.3 is 4.74 Å². The van der Waals surface area contributed by atoms with Gasteiger partial charge in [-0.1, -0.05) is 24.3 Å². The minimum atomic E-state index is 0.0221. The molecule has 0 radical (unpaired) electrons. The summed E-state index contributed by atoms with van der Waals surface area (Å²) in [7, 11) is 0. The zero-order valence-corrected chi connectivity index (χ0v) is 9.64. The van der Waals surface area contributed by atoms with Gasteiger partial charge in [0.05, 0.1) is 13.2 Å². The van der Waals surface area contributed by atoms with Crippen LogP contribution in [0, 0.1) is 0 Å². The highest BCUT2D eigenvalue weighted by molar-refractivity contribution is 8.00. The van der Waals surface area contributed by atoms with Gasteiger partial charge >= 0.3 is 0 Å². The Morgan fingerprint density at radius 2 is 2.33 bits per heavy atom. The van der Waals surface area contributed by atoms with Gasteiger partial charge in [0.25, 0.3) is 0 Å². The largest absolute Gasteiger partial charge is 0.374 e. The first-order valence-corrected chi connectivity index (χ1v) is 6.36. The third-order valence-electron chi connectivity index (χ3n) is 3.07. The molecule has 1 aromatic carbocycles. The Hall–Kier alpha value is -0.510. The lowest BCUT2D eigenvalue weighted by Crippen LogP contribution is -2.44. The van der Waals surface area contributed by atoms with Crippen LogP contribution in [0.25, 0.3) is 0 Å². The molecule has 15 heavy (non-hydrogen) atoms. The first-order chi connectivity index (χ1) is 7.30. The fourth-order valence-electron chi connectivity index (χ4n) is 2.41. The molecule has 2 atom stereocenters. The molecule has 2 unspecified atom stereocenters. The van der Waals surface area contributed by atoms with E-state index in [0.29, 0.717) is 6.04 Å². The third kappa shape index (κ3) is 1.50. The van der Waals surface area contributed by atoms with Gasteiger partial charge in [0.2, 0.25) is 0 Å². The summed E-state index contributed by atoms with van der Waals surface area (Å²) in [5.74, 6) is 1.16. The maximum absolute atomic E-state index is 5.70. The lowest BCUT2D eigenvalue weighted by molar-refractivity contribution is 0.0711. The molecule has 2 aliphatic heterocycles. The molecular weight excluding hydrogens is 206 g/mol. The van der Waals surface area contributed by atoms with Gasteiger partial charge in [-0.25, -0.2) is 0 Å². The maximum atomic E-state index is 5.70. The van der Waals surface area contributed by atoms with Gasteiger partial charge in [-0.3, -0.25) is 5.32 Å². The number of benzene rings is 1. The molecule has 1 N–H and O–H groups in total. The second-order valence-corrected chi connectivity index (χ2v) is 5.65. The van der Waals surface area contributed by atoms with E-state index in [1.54, 1.807) is 0 Å². The highest BCUT2D eigenvalue weighted by atomic mass is 32.2. The molecule has 0 bridgehead atoms. The molecule has 1 spiro atoms. The van der Waals surface area contributed by atoms with Crippen molar-refractivity contribution in [3.8, 4) is 0 Å². The van der Waals surface area contributed by atoms with Crippen molar-refractivity contribution in [3.63, 3.8) is 0 Å². The molecule has 80 valence electrons. The van der Waals surface area contributed by atoms with Gasteiger partial charge in [-0.15, -0.1) is 11.8 Å². The third-order valence-corrected chi connectivity index (χ3v) is 4.69. The summed E-state index contributed by atoms with van der Waals surface area (Å²) < 4.78 is 5.70. The molecule has 1 fully saturated rings. The average molecular weight is 221 g/mol. The monoisotopic (exact) mass is 221 g/mol. The van der Waals surface area contributed by atoms with Crippen molar-refractivity contribution in [2.24, 2.45) is 0 Å². The van der Waals surface area contributed by atoms with E-state index in [1.807, 2.05) is 11.8 Å². The first-order valence-electron chi connectivity index (χ1n) is 5.38. The quantitative estimate of drug-likeness (QED) is 0.725. The summed E-state index contributed by atoms with van der Waals surface area (Å²) in [5.41, 5.74) is 2.75. The van der Waals surface area contributed by atoms with E-state index >= 15 is 0 Å². The van der Waals surface area contributed by atoms with E-state index in [1.165, 1.54) is 11.1 Å². The Morgan fingerprint density at radius 3 is 3.13 bits per heavy atom. The Balaban J connectivity index is 2.06. The van der Waals surface area contributed by atoms with Crippen LogP contribution in [0.2, 0.25) is 0 Å². The lowest BCUT2D eigenvalue weighted by atomic mass is 9.98. The molecule has 0 saturated carbocycles. The number of fused-ring (bicyclic) bond motifs is 2. The van der Waals surface area contributed by atoms with Crippen molar-refractivity contribution in [2.45, 2.75) is 24.4 Å². The van der Waals surface area contributed by atoms with Crippen molar-refractivity contribution in [1.82, 2.24) is 5.32 Å². The van der Waals surface area contributed by atoms with Crippen LogP contribution in [0.5, 0.6) is 0 Å². The van der Waals surface area contributed by atoms with Crippen LogP contribution in [0.1, 0.15) is 18.1 Å². The standard InChI is InChI=1S/C12H15NOS/c1-9-7-15-12(13-9)8-14-6-10-4-2-3-5-11(10)12/h2-5,9,13H,6-8H2,1H3. The maximum Gasteiger partial charge on any atom is 0.114 e. The minimum Gasteiger partial charge on any atom is -0.374 e. The summed E-state index contributed by atoms with van der Waals surface area (Å²) in [4.78, 5) is 0.0221. The van der Waals surface area contributed by atoms with Crippen molar-refractivity contribution < 1.29 is 4.74 Å². The lowest BCUT2D eigenvalue weighted by Gasteiger charge is -2.35. The molecule has 2 aliphatic rings. The fraction of sp³-hybridized carbons (Fsp3) is 0.500. The fourth-order valence-corrected chi connectivity index (χ4v) is 3.83. The van der Waals surface area contributed by atoms with Crippen LogP contribution in [-0.2, 0) is 16.2 Å². The summed E-state index contributed by atoms with van der Waals surface area (Å²) in [6, 6.07) is 9.18. The van der Waals surface area contributed by atoms with Gasteiger partial charge in [-0.05, 0) is 18.1 Å². The molecule has 2 nitrogen and oxygen atoms in total. The molecule has 0 amide bonds. The zero-order valence-electron chi connectivity index (χ0n) is 8.82. The molecule has 3 heteroatoms. The first kappa shape index (κ1) is 9.70. The Labute approximate surface area is 94.4 Å². The van der Waals surface area contributed by atoms with Crippen molar-refractivity contribution >= 4 is 11.8 Å². The smallest absolute Gasteiger partial charge is 0.114 e. The molecule has 1 saturated heterocycles. The highest BCUT2D eigenvalue weighted by Gasteiger charge is 2.42. The molecule has 1 aromatic rings. The molecule has 0 aromatic heterocycles. The number of rotatable bonds is 0. The summed E-state index contributed by atoms with van der Waals surface area (Å²) in [6.07, 6.45) is 0. The van der Waals surface area contributed by atoms with Crippen molar-refractivity contribution in [2.75, 3.05) is 12.4 Å². The summed E-state index contributed by atoms with van der Waals surface area (Å²) >= 11 is 1.98. The van der Waals surface area contributed by atoms with Crippen LogP contribution >= 0.6 is 11.8 Å². The second kappa shape index (κ2) is 3.51. The van der Waals surface area contributed by atoms with E-state index in [0.717, 1.165) is 19.0 Å². The number of hydrogen-bond acceptors (Lipinski definition) is 3. The number of nitrogens with one attached hydrogen (secondary N) is 1. The topological polar surface area (TPSA) is 21.3 Å². The predicted molar refractivity (Wildman–Crippen MR) is 62.8 cm³/mol. The SMILES string of the molecule is CC1CSC2(COCc3ccccc32)N1. The average Bonchev–Trinajstić information content (AvgIpc) is 2.62. The van der Waals surface area contributed by atoms with Gasteiger partial charge in [0.1, 0.15) is 4.87 Å². The van der Waals surface area contributed by atoms with E-state index in [9.17, 15) is 0 Å². The minimum absolute atomic E-state index is 0.0221. The highest BCUT2D eigenvalue weighted by Crippen LogP contribution is 2.43. The summed E-state index contributed by atoms with van der Waals surface area (Å²) in [5, 5.41) is 3.66. The Kier molecular flexibility index (Phi) is 2.27. The number of hydrogen-bond donors (Lipinski definition) is 1. The van der Waals surface area contributed by atoms with Crippen molar-refractivity contribution in [3.05, 3.63) is 35.4 Å². The second-order valence-electron chi connectivity index (χ2n) is 4.33. The van der Waals surface area contributed by atoms with Crippen molar-refractivity contribution in [1.29, 1.82) is 0 Å². The Bertz CT molecular complexity index is 382. The van der Waals surface area contributed by atoms with E-state index < -0.39 is 0 Å². The summed E-state index contributed by atoms with van der Waals surface area (Å²) in [6.45, 7) is 3.78. The normalized spacial score (nSPS) is 34.3. The van der Waals surface area contributed by atoms with Crippen LogP contribution in [-0.4, -0.2) is 18.4 Å². The van der Waals surface area contributed by atoms with Crippen LogP contribution < -0.4 is 5.32 Å². The molecular formula is C12H15NOS. The van der Waals surface area contributed by atoms with E-state index in [4.69, 9.17) is 4.74 Å². The van der Waals surface area contributed by atoms with Crippen LogP contribution in [0.3, 0.4) is 0 Å². The Morgan fingerprint density at radius 1 is 1.47 bits per heavy atom. The van der Waals surface area contributed by atoms with Crippen LogP contribution in [0.4, 0.5) is 0 Å². The van der Waals surface area contributed by atoms with Gasteiger partial charge in [0.15, 0.2) is 0 Å². The van der Waals surface area contributed by atoms with E-state index in [2.05, 4.69) is 36.5 Å². The molecule has 2 heterocycles. The molecule has 0 aliphatic carbocycles. The van der Waals surface area contributed by atoms with E-state index in [-0.39, 0.29) is 4.87 Å². The number of ether oxygens (including phenoxy) is 1. The zero-order chi connectivity index (χ0) is 10.3. The van der Waals surface area contributed by atoms with Gasteiger partial charge in [0, 0.05) is 11.8 Å². The predicted octanol–water partition coefficient (Wildman–Crippen LogP) is 2.09. The number of thioether (sulfide) groups is 1. The van der Waals surface area contributed by atoms with Gasteiger partial charge in [-0.2, -0.15) is 0 Å². The van der Waals surface area contributed by atoms with Crippen LogP contribution in [0.15, 0.2) is 24.3 Å². The molecule has 3 rings (SSSR count).